The van der Waals surface area contributed by atoms with E-state index in [1.807, 2.05) is 18.2 Å². The van der Waals surface area contributed by atoms with Crippen LogP contribution >= 0.6 is 23.2 Å². The fourth-order valence-electron chi connectivity index (χ4n) is 1.88. The van der Waals surface area contributed by atoms with Crippen molar-refractivity contribution in [2.24, 2.45) is 0 Å². The van der Waals surface area contributed by atoms with Gasteiger partial charge in [0.2, 0.25) is 0 Å². The molecule has 0 radical (unpaired) electrons. The summed E-state index contributed by atoms with van der Waals surface area (Å²) >= 11 is 12.3. The fourth-order valence-corrected chi connectivity index (χ4v) is 2.52. The van der Waals surface area contributed by atoms with Crippen LogP contribution in [0.1, 0.15) is 12.0 Å². The molecule has 0 atom stereocenters. The molecule has 0 aromatic heterocycles. The molecule has 0 unspecified atom stereocenters. The highest BCUT2D eigenvalue weighted by atomic mass is 35.5. The molecule has 0 fully saturated rings. The maximum atomic E-state index is 6.17. The number of rotatable bonds is 1. The minimum Gasteiger partial charge on any atom is -0.302 e. The van der Waals surface area contributed by atoms with Gasteiger partial charge in [0.25, 0.3) is 0 Å². The Morgan fingerprint density at radius 1 is 1.20 bits per heavy atom. The van der Waals surface area contributed by atoms with E-state index in [1.54, 1.807) is 0 Å². The molecule has 0 saturated carbocycles. The third-order valence-electron chi connectivity index (χ3n) is 2.63. The Hall–Kier alpha value is -0.500. The van der Waals surface area contributed by atoms with Crippen LogP contribution in [0.15, 0.2) is 24.3 Å². The summed E-state index contributed by atoms with van der Waals surface area (Å²) in [6.45, 7) is 2.02. The van der Waals surface area contributed by atoms with E-state index in [2.05, 4.69) is 18.0 Å². The zero-order valence-corrected chi connectivity index (χ0v) is 10.1. The van der Waals surface area contributed by atoms with Crippen LogP contribution < -0.4 is 0 Å². The molecule has 1 aromatic rings. The molecular formula is C12H13Cl2N. The van der Waals surface area contributed by atoms with Crippen molar-refractivity contribution in [2.75, 3.05) is 20.1 Å². The summed E-state index contributed by atoms with van der Waals surface area (Å²) in [5.74, 6) is 0. The van der Waals surface area contributed by atoms with Gasteiger partial charge in [0.15, 0.2) is 0 Å². The molecular weight excluding hydrogens is 229 g/mol. The SMILES string of the molecule is CN1CCC=C(c2c(Cl)cccc2Cl)C1. The zero-order valence-electron chi connectivity index (χ0n) is 8.63. The van der Waals surface area contributed by atoms with Gasteiger partial charge in [-0.3, -0.25) is 0 Å². The predicted molar refractivity (Wildman–Crippen MR) is 66.6 cm³/mol. The zero-order chi connectivity index (χ0) is 10.8. The smallest absolute Gasteiger partial charge is 0.0496 e. The highest BCUT2D eigenvalue weighted by Gasteiger charge is 2.15. The second-order valence-electron chi connectivity index (χ2n) is 3.85. The van der Waals surface area contributed by atoms with Crippen molar-refractivity contribution in [2.45, 2.75) is 6.42 Å². The Bertz CT molecular complexity index is 378. The van der Waals surface area contributed by atoms with Gasteiger partial charge in [-0.05, 0) is 31.2 Å². The van der Waals surface area contributed by atoms with E-state index in [0.717, 1.165) is 35.1 Å². The molecule has 1 aliphatic rings. The van der Waals surface area contributed by atoms with E-state index in [0.29, 0.717) is 0 Å². The molecule has 1 aliphatic heterocycles. The van der Waals surface area contributed by atoms with Crippen molar-refractivity contribution < 1.29 is 0 Å². The summed E-state index contributed by atoms with van der Waals surface area (Å²) in [6.07, 6.45) is 3.29. The lowest BCUT2D eigenvalue weighted by molar-refractivity contribution is 0.373. The molecule has 0 amide bonds. The molecule has 1 heterocycles. The Morgan fingerprint density at radius 2 is 1.87 bits per heavy atom. The lowest BCUT2D eigenvalue weighted by Crippen LogP contribution is -2.25. The molecule has 1 aromatic carbocycles. The standard InChI is InChI=1S/C12H13Cl2N/c1-15-7-3-4-9(8-15)12-10(13)5-2-6-11(12)14/h2,4-6H,3,7-8H2,1H3. The molecule has 0 spiro atoms. The maximum absolute atomic E-state index is 6.17. The second kappa shape index (κ2) is 4.56. The van der Waals surface area contributed by atoms with Crippen molar-refractivity contribution in [3.63, 3.8) is 0 Å². The predicted octanol–water partition coefficient (Wildman–Crippen LogP) is 3.71. The van der Waals surface area contributed by atoms with E-state index >= 15 is 0 Å². The fraction of sp³-hybridized carbons (Fsp3) is 0.333. The maximum Gasteiger partial charge on any atom is 0.0496 e. The third kappa shape index (κ3) is 2.36. The summed E-state index contributed by atoms with van der Waals surface area (Å²) in [5, 5.41) is 1.48. The quantitative estimate of drug-likeness (QED) is 0.725. The van der Waals surface area contributed by atoms with Crippen molar-refractivity contribution >= 4 is 28.8 Å². The van der Waals surface area contributed by atoms with Crippen molar-refractivity contribution in [1.82, 2.24) is 4.90 Å². The number of hydrogen-bond acceptors (Lipinski definition) is 1. The molecule has 80 valence electrons. The second-order valence-corrected chi connectivity index (χ2v) is 4.67. The molecule has 15 heavy (non-hydrogen) atoms. The Kier molecular flexibility index (Phi) is 3.35. The largest absolute Gasteiger partial charge is 0.302 e. The van der Waals surface area contributed by atoms with Crippen LogP contribution in [0.5, 0.6) is 0 Å². The molecule has 2 rings (SSSR count). The van der Waals surface area contributed by atoms with Crippen molar-refractivity contribution in [3.8, 4) is 0 Å². The van der Waals surface area contributed by atoms with E-state index in [4.69, 9.17) is 23.2 Å². The normalized spacial score (nSPS) is 17.7. The van der Waals surface area contributed by atoms with Gasteiger partial charge < -0.3 is 4.90 Å². The third-order valence-corrected chi connectivity index (χ3v) is 3.26. The summed E-state index contributed by atoms with van der Waals surface area (Å²) in [4.78, 5) is 2.27. The molecule has 0 saturated heterocycles. The van der Waals surface area contributed by atoms with Crippen LogP contribution in [0.25, 0.3) is 5.57 Å². The van der Waals surface area contributed by atoms with Gasteiger partial charge in [0.05, 0.1) is 0 Å². The van der Waals surface area contributed by atoms with E-state index < -0.39 is 0 Å². The minimum atomic E-state index is 0.740. The summed E-state index contributed by atoms with van der Waals surface area (Å²) in [6, 6.07) is 5.65. The average Bonchev–Trinajstić information content (AvgIpc) is 2.17. The number of hydrogen-bond donors (Lipinski definition) is 0. The highest BCUT2D eigenvalue weighted by molar-refractivity contribution is 6.37. The number of benzene rings is 1. The monoisotopic (exact) mass is 241 g/mol. The first-order valence-electron chi connectivity index (χ1n) is 5.00. The summed E-state index contributed by atoms with van der Waals surface area (Å²) in [5.41, 5.74) is 2.23. The first kappa shape index (κ1) is 11.0. The van der Waals surface area contributed by atoms with Gasteiger partial charge in [-0.25, -0.2) is 0 Å². The molecule has 0 bridgehead atoms. The Labute approximate surface area is 100 Å². The van der Waals surface area contributed by atoms with Crippen LogP contribution in [-0.4, -0.2) is 25.0 Å². The molecule has 1 nitrogen and oxygen atoms in total. The summed E-state index contributed by atoms with van der Waals surface area (Å²) < 4.78 is 0. The van der Waals surface area contributed by atoms with Gasteiger partial charge >= 0.3 is 0 Å². The molecule has 0 aliphatic carbocycles. The number of halogens is 2. The minimum absolute atomic E-state index is 0.740. The van der Waals surface area contributed by atoms with E-state index in [1.165, 1.54) is 5.57 Å². The first-order valence-corrected chi connectivity index (χ1v) is 5.76. The number of nitrogens with zero attached hydrogens (tertiary/aromatic N) is 1. The Morgan fingerprint density at radius 3 is 2.47 bits per heavy atom. The lowest BCUT2D eigenvalue weighted by Gasteiger charge is -2.24. The van der Waals surface area contributed by atoms with Crippen molar-refractivity contribution in [1.29, 1.82) is 0 Å². The van der Waals surface area contributed by atoms with Crippen LogP contribution in [0.3, 0.4) is 0 Å². The van der Waals surface area contributed by atoms with Crippen LogP contribution in [0.2, 0.25) is 10.0 Å². The van der Waals surface area contributed by atoms with Crippen LogP contribution in [0.4, 0.5) is 0 Å². The van der Waals surface area contributed by atoms with E-state index in [9.17, 15) is 0 Å². The van der Waals surface area contributed by atoms with Crippen LogP contribution in [0, 0.1) is 0 Å². The Balaban J connectivity index is 2.41. The lowest BCUT2D eigenvalue weighted by atomic mass is 10.0. The van der Waals surface area contributed by atoms with Gasteiger partial charge in [0, 0.05) is 28.7 Å². The van der Waals surface area contributed by atoms with Gasteiger partial charge in [-0.1, -0.05) is 35.3 Å². The van der Waals surface area contributed by atoms with Crippen LogP contribution in [-0.2, 0) is 0 Å². The van der Waals surface area contributed by atoms with Gasteiger partial charge in [-0.15, -0.1) is 0 Å². The van der Waals surface area contributed by atoms with Gasteiger partial charge in [-0.2, -0.15) is 0 Å². The molecule has 0 N–H and O–H groups in total. The van der Waals surface area contributed by atoms with Crippen molar-refractivity contribution in [3.05, 3.63) is 39.9 Å². The number of likely N-dealkylation sites (N-methyl/N-ethyl adjacent to an activating group) is 1. The summed E-state index contributed by atoms with van der Waals surface area (Å²) in [7, 11) is 2.11. The van der Waals surface area contributed by atoms with Gasteiger partial charge in [0.1, 0.15) is 0 Å². The van der Waals surface area contributed by atoms with E-state index in [-0.39, 0.29) is 0 Å². The first-order chi connectivity index (χ1) is 7.18. The average molecular weight is 242 g/mol. The topological polar surface area (TPSA) is 3.24 Å². The highest BCUT2D eigenvalue weighted by Crippen LogP contribution is 2.32. The molecule has 3 heteroatoms.